The maximum absolute atomic E-state index is 12.5. The summed E-state index contributed by atoms with van der Waals surface area (Å²) >= 11 is 0. The predicted octanol–water partition coefficient (Wildman–Crippen LogP) is 1.44. The van der Waals surface area contributed by atoms with Crippen LogP contribution >= 0.6 is 0 Å². The van der Waals surface area contributed by atoms with Gasteiger partial charge in [0, 0.05) is 0 Å². The molecule has 1 aliphatic heterocycles. The zero-order valence-corrected chi connectivity index (χ0v) is 13.0. The van der Waals surface area contributed by atoms with Gasteiger partial charge in [0.15, 0.2) is 0 Å². The van der Waals surface area contributed by atoms with Crippen LogP contribution in [0.1, 0.15) is 18.1 Å². The molecule has 1 aromatic rings. The third kappa shape index (κ3) is 3.66. The van der Waals surface area contributed by atoms with Crippen LogP contribution in [-0.4, -0.2) is 42.0 Å². The number of carbonyl (C=O) groups is 3. The summed E-state index contributed by atoms with van der Waals surface area (Å²) in [7, 11) is 0. The van der Waals surface area contributed by atoms with E-state index >= 15 is 0 Å². The van der Waals surface area contributed by atoms with Crippen molar-refractivity contribution in [3.05, 3.63) is 35.4 Å². The van der Waals surface area contributed by atoms with E-state index in [0.29, 0.717) is 10.5 Å². The van der Waals surface area contributed by atoms with Crippen LogP contribution in [0.5, 0.6) is 0 Å². The topological polar surface area (TPSA) is 78.5 Å². The Morgan fingerprint density at radius 3 is 2.38 bits per heavy atom. The lowest BCUT2D eigenvalue weighted by Gasteiger charge is -2.22. The summed E-state index contributed by atoms with van der Waals surface area (Å²) in [6.45, 7) is 1.04. The maximum atomic E-state index is 12.5. The first-order valence-corrected chi connectivity index (χ1v) is 7.07. The number of alkyl halides is 3. The summed E-state index contributed by atoms with van der Waals surface area (Å²) < 4.78 is 36.3. The van der Waals surface area contributed by atoms with E-state index in [1.807, 2.05) is 6.92 Å². The van der Waals surface area contributed by atoms with Gasteiger partial charge >= 0.3 is 12.2 Å². The summed E-state index contributed by atoms with van der Waals surface area (Å²) in [4.78, 5) is 36.6. The highest BCUT2D eigenvalue weighted by Gasteiger charge is 2.49. The van der Waals surface area contributed by atoms with Crippen LogP contribution in [0.25, 0.3) is 0 Å². The molecule has 1 aliphatic rings. The third-order valence-electron chi connectivity index (χ3n) is 3.69. The first kappa shape index (κ1) is 17.8. The van der Waals surface area contributed by atoms with E-state index in [2.05, 4.69) is 5.32 Å². The van der Waals surface area contributed by atoms with Crippen LogP contribution in [0.4, 0.5) is 18.0 Å². The van der Waals surface area contributed by atoms with Crippen molar-refractivity contribution in [3.63, 3.8) is 0 Å². The van der Waals surface area contributed by atoms with Crippen LogP contribution in [0.2, 0.25) is 0 Å². The Balaban J connectivity index is 2.11. The molecule has 4 amide bonds. The molecule has 1 fully saturated rings. The van der Waals surface area contributed by atoms with Gasteiger partial charge in [0.25, 0.3) is 5.91 Å². The second-order valence-electron chi connectivity index (χ2n) is 5.70. The van der Waals surface area contributed by atoms with Crippen molar-refractivity contribution >= 4 is 17.8 Å². The first-order valence-electron chi connectivity index (χ1n) is 7.07. The Morgan fingerprint density at radius 2 is 1.83 bits per heavy atom. The van der Waals surface area contributed by atoms with E-state index < -0.39 is 42.7 Å². The van der Waals surface area contributed by atoms with E-state index in [4.69, 9.17) is 0 Å². The van der Waals surface area contributed by atoms with Crippen molar-refractivity contribution in [2.75, 3.05) is 13.1 Å². The Hall–Kier alpha value is -2.58. The first-order chi connectivity index (χ1) is 11.0. The van der Waals surface area contributed by atoms with Gasteiger partial charge < -0.3 is 10.6 Å². The average molecular weight is 343 g/mol. The number of aryl methyl sites for hydroxylation is 1. The molecule has 130 valence electrons. The molecule has 1 aromatic carbocycles. The molecule has 1 saturated heterocycles. The molecule has 0 radical (unpaired) electrons. The fourth-order valence-corrected chi connectivity index (χ4v) is 2.32. The highest BCUT2D eigenvalue weighted by atomic mass is 19.4. The zero-order chi connectivity index (χ0) is 18.1. The van der Waals surface area contributed by atoms with E-state index in [-0.39, 0.29) is 0 Å². The van der Waals surface area contributed by atoms with E-state index in [9.17, 15) is 27.6 Å². The standard InChI is InChI=1S/C15H16F3N3O3/c1-9-3-5-10(6-4-9)14(2)12(23)21(13(24)20-14)7-11(22)19-8-15(16,17)18/h3-6H,7-8H2,1-2H3,(H,19,22)(H,20,24)/t14-/m0/s1. The summed E-state index contributed by atoms with van der Waals surface area (Å²) in [6, 6.07) is 6.03. The third-order valence-corrected chi connectivity index (χ3v) is 3.69. The molecule has 0 unspecified atom stereocenters. The SMILES string of the molecule is Cc1ccc([C@]2(C)NC(=O)N(CC(=O)NCC(F)(F)F)C2=O)cc1. The second-order valence-corrected chi connectivity index (χ2v) is 5.70. The quantitative estimate of drug-likeness (QED) is 0.812. The van der Waals surface area contributed by atoms with Crippen molar-refractivity contribution in [2.45, 2.75) is 25.6 Å². The maximum Gasteiger partial charge on any atom is 0.405 e. The lowest BCUT2D eigenvalue weighted by Crippen LogP contribution is -2.44. The van der Waals surface area contributed by atoms with E-state index in [1.165, 1.54) is 6.92 Å². The molecular weight excluding hydrogens is 327 g/mol. The molecule has 9 heteroatoms. The fraction of sp³-hybridized carbons (Fsp3) is 0.400. The minimum Gasteiger partial charge on any atom is -0.345 e. The van der Waals surface area contributed by atoms with Gasteiger partial charge in [-0.15, -0.1) is 0 Å². The van der Waals surface area contributed by atoms with Crippen LogP contribution in [-0.2, 0) is 15.1 Å². The highest BCUT2D eigenvalue weighted by Crippen LogP contribution is 2.28. The number of nitrogens with zero attached hydrogens (tertiary/aromatic N) is 1. The van der Waals surface area contributed by atoms with E-state index in [0.717, 1.165) is 5.56 Å². The minimum atomic E-state index is -4.57. The molecule has 6 nitrogen and oxygen atoms in total. The lowest BCUT2D eigenvalue weighted by molar-refractivity contribution is -0.141. The highest BCUT2D eigenvalue weighted by molar-refractivity contribution is 6.09. The number of imide groups is 1. The summed E-state index contributed by atoms with van der Waals surface area (Å²) in [5.41, 5.74) is 0.113. The monoisotopic (exact) mass is 343 g/mol. The molecule has 1 atom stereocenters. The zero-order valence-electron chi connectivity index (χ0n) is 13.0. The molecule has 1 heterocycles. The molecule has 0 saturated carbocycles. The van der Waals surface area contributed by atoms with Gasteiger partial charge in [0.05, 0.1) is 0 Å². The number of hydrogen-bond acceptors (Lipinski definition) is 3. The Morgan fingerprint density at radius 1 is 1.25 bits per heavy atom. The Kier molecular flexibility index (Phi) is 4.54. The molecule has 24 heavy (non-hydrogen) atoms. The van der Waals surface area contributed by atoms with Gasteiger partial charge in [-0.3, -0.25) is 14.5 Å². The van der Waals surface area contributed by atoms with Gasteiger partial charge in [-0.05, 0) is 19.4 Å². The Labute approximate surface area is 136 Å². The number of halogens is 3. The van der Waals surface area contributed by atoms with Crippen LogP contribution in [0, 0.1) is 6.92 Å². The summed E-state index contributed by atoms with van der Waals surface area (Å²) in [5, 5.41) is 4.11. The lowest BCUT2D eigenvalue weighted by atomic mass is 9.91. The van der Waals surface area contributed by atoms with Crippen molar-refractivity contribution in [2.24, 2.45) is 0 Å². The van der Waals surface area contributed by atoms with Crippen molar-refractivity contribution in [1.29, 1.82) is 0 Å². The van der Waals surface area contributed by atoms with Gasteiger partial charge in [-0.25, -0.2) is 4.79 Å². The molecule has 2 N–H and O–H groups in total. The molecule has 0 aliphatic carbocycles. The smallest absolute Gasteiger partial charge is 0.345 e. The van der Waals surface area contributed by atoms with Gasteiger partial charge in [-0.1, -0.05) is 29.8 Å². The van der Waals surface area contributed by atoms with E-state index in [1.54, 1.807) is 29.6 Å². The minimum absolute atomic E-state index is 0.518. The normalized spacial score (nSPS) is 21.0. The predicted molar refractivity (Wildman–Crippen MR) is 77.8 cm³/mol. The molecule has 0 aromatic heterocycles. The number of carbonyl (C=O) groups excluding carboxylic acids is 3. The largest absolute Gasteiger partial charge is 0.405 e. The summed E-state index contributed by atoms with van der Waals surface area (Å²) in [6.07, 6.45) is -4.57. The molecular formula is C15H16F3N3O3. The van der Waals surface area contributed by atoms with Crippen LogP contribution < -0.4 is 10.6 Å². The number of hydrogen-bond donors (Lipinski definition) is 2. The number of amides is 4. The molecule has 0 bridgehead atoms. The number of urea groups is 1. The number of benzene rings is 1. The average Bonchev–Trinajstić information content (AvgIpc) is 2.69. The molecule has 0 spiro atoms. The number of rotatable bonds is 4. The van der Waals surface area contributed by atoms with Crippen molar-refractivity contribution < 1.29 is 27.6 Å². The summed E-state index contributed by atoms with van der Waals surface area (Å²) in [5.74, 6) is -1.76. The van der Waals surface area contributed by atoms with Gasteiger partial charge in [0.2, 0.25) is 5.91 Å². The van der Waals surface area contributed by atoms with Crippen LogP contribution in [0.3, 0.4) is 0 Å². The second kappa shape index (κ2) is 6.14. The number of nitrogens with one attached hydrogen (secondary N) is 2. The fourth-order valence-electron chi connectivity index (χ4n) is 2.32. The van der Waals surface area contributed by atoms with Gasteiger partial charge in [0.1, 0.15) is 18.6 Å². The Bertz CT molecular complexity index is 673. The van der Waals surface area contributed by atoms with Crippen molar-refractivity contribution in [3.8, 4) is 0 Å². The van der Waals surface area contributed by atoms with Crippen molar-refractivity contribution in [1.82, 2.24) is 15.5 Å². The van der Waals surface area contributed by atoms with Gasteiger partial charge in [-0.2, -0.15) is 13.2 Å². The molecule has 2 rings (SSSR count). The van der Waals surface area contributed by atoms with Crippen LogP contribution in [0.15, 0.2) is 24.3 Å².